The van der Waals surface area contributed by atoms with E-state index in [0.29, 0.717) is 0 Å². The Bertz CT molecular complexity index is 474. The molecule has 0 aliphatic carbocycles. The summed E-state index contributed by atoms with van der Waals surface area (Å²) in [6.45, 7) is 0.371. The zero-order valence-corrected chi connectivity index (χ0v) is 7.93. The number of aromatic nitrogens is 2. The van der Waals surface area contributed by atoms with Crippen LogP contribution in [0.15, 0.2) is 15.8 Å². The maximum Gasteiger partial charge on any atom is 0.350 e. The Hall–Kier alpha value is -1.96. The highest BCUT2D eigenvalue weighted by molar-refractivity contribution is 5.20. The molecule has 0 bridgehead atoms. The molecule has 1 rings (SSSR count). The van der Waals surface area contributed by atoms with Crippen molar-refractivity contribution in [1.82, 2.24) is 9.55 Å². The van der Waals surface area contributed by atoms with Crippen LogP contribution in [0.2, 0.25) is 0 Å². The number of aromatic amines is 1. The normalized spacial score (nSPS) is 10.2. The van der Waals surface area contributed by atoms with Gasteiger partial charge in [0.15, 0.2) is 0 Å². The first-order valence-corrected chi connectivity index (χ1v) is 4.03. The molecule has 0 aliphatic rings. The molecule has 1 aromatic rings. The molecule has 15 heavy (non-hydrogen) atoms. The van der Waals surface area contributed by atoms with Gasteiger partial charge in [0.25, 0.3) is 0 Å². The van der Waals surface area contributed by atoms with Gasteiger partial charge in [-0.3, -0.25) is 24.5 Å². The lowest BCUT2D eigenvalue weighted by Crippen LogP contribution is -2.31. The van der Waals surface area contributed by atoms with Gasteiger partial charge in [0.05, 0.1) is 24.3 Å². The lowest BCUT2D eigenvalue weighted by Gasteiger charge is -2.02. The van der Waals surface area contributed by atoms with E-state index in [-0.39, 0.29) is 13.2 Å². The molecular weight excluding hydrogens is 206 g/mol. The fraction of sp³-hybridized carbons (Fsp3) is 0.429. The number of hydrogen-bond donors (Lipinski definition) is 1. The highest BCUT2D eigenvalue weighted by atomic mass is 16.6. The number of nitrogens with one attached hydrogen (secondary N) is 1. The van der Waals surface area contributed by atoms with Gasteiger partial charge in [0.1, 0.15) is 0 Å². The Morgan fingerprint density at radius 2 is 2.27 bits per heavy atom. The molecule has 1 N–H and O–H groups in total. The van der Waals surface area contributed by atoms with Gasteiger partial charge in [-0.2, -0.15) is 0 Å². The van der Waals surface area contributed by atoms with Crippen molar-refractivity contribution in [1.29, 1.82) is 0 Å². The summed E-state index contributed by atoms with van der Waals surface area (Å²) in [6, 6.07) is 0. The van der Waals surface area contributed by atoms with E-state index in [1.165, 1.54) is 7.11 Å². The minimum atomic E-state index is -1.00. The summed E-state index contributed by atoms with van der Waals surface area (Å²) < 4.78 is 5.73. The average molecular weight is 215 g/mol. The summed E-state index contributed by atoms with van der Waals surface area (Å²) in [5.74, 6) is 0. The number of rotatable bonds is 4. The second-order valence-corrected chi connectivity index (χ2v) is 2.72. The van der Waals surface area contributed by atoms with E-state index < -0.39 is 21.9 Å². The van der Waals surface area contributed by atoms with Crippen LogP contribution < -0.4 is 11.2 Å². The summed E-state index contributed by atoms with van der Waals surface area (Å²) in [5, 5.41) is 10.4. The van der Waals surface area contributed by atoms with Crippen LogP contribution in [0.5, 0.6) is 0 Å². The quantitative estimate of drug-likeness (QED) is 0.516. The molecule has 8 heteroatoms. The summed E-state index contributed by atoms with van der Waals surface area (Å²) in [7, 11) is 1.44. The Balaban J connectivity index is 3.18. The SMILES string of the molecule is COCCn1cc([N+](=O)[O-])c(=O)[nH]c1=O. The summed E-state index contributed by atoms with van der Waals surface area (Å²) >= 11 is 0. The van der Waals surface area contributed by atoms with Crippen LogP contribution in [0, 0.1) is 10.1 Å². The summed E-state index contributed by atoms with van der Waals surface area (Å²) in [5.41, 5.74) is -2.35. The van der Waals surface area contributed by atoms with E-state index in [2.05, 4.69) is 0 Å². The first-order valence-electron chi connectivity index (χ1n) is 4.03. The topological polar surface area (TPSA) is 107 Å². The van der Waals surface area contributed by atoms with Crippen molar-refractivity contribution in [2.24, 2.45) is 0 Å². The van der Waals surface area contributed by atoms with Crippen LogP contribution >= 0.6 is 0 Å². The third-order valence-electron chi connectivity index (χ3n) is 1.73. The average Bonchev–Trinajstić information content (AvgIpc) is 2.16. The number of H-pyrrole nitrogens is 1. The first-order chi connectivity index (χ1) is 7.06. The standard InChI is InChI=1S/C7H9N3O5/c1-15-3-2-9-4-5(10(13)14)6(11)8-7(9)12/h4H,2-3H2,1H3,(H,8,11,12). The smallest absolute Gasteiger partial charge is 0.350 e. The molecule has 0 saturated heterocycles. The molecule has 0 aromatic carbocycles. The van der Waals surface area contributed by atoms with E-state index in [4.69, 9.17) is 4.74 Å². The molecule has 82 valence electrons. The van der Waals surface area contributed by atoms with Crippen LogP contribution in [0.3, 0.4) is 0 Å². The zero-order chi connectivity index (χ0) is 11.4. The van der Waals surface area contributed by atoms with Gasteiger partial charge in [-0.15, -0.1) is 0 Å². The number of nitro groups is 1. The minimum Gasteiger partial charge on any atom is -0.383 e. The van der Waals surface area contributed by atoms with Crippen molar-refractivity contribution in [3.8, 4) is 0 Å². The van der Waals surface area contributed by atoms with Crippen LogP contribution in [0.4, 0.5) is 5.69 Å². The molecule has 0 aliphatic heterocycles. The molecule has 0 radical (unpaired) electrons. The molecular formula is C7H9N3O5. The molecule has 1 aromatic heterocycles. The Morgan fingerprint density at radius 1 is 1.60 bits per heavy atom. The van der Waals surface area contributed by atoms with Crippen molar-refractivity contribution in [3.05, 3.63) is 37.1 Å². The van der Waals surface area contributed by atoms with E-state index in [1.807, 2.05) is 4.98 Å². The molecule has 0 atom stereocenters. The Morgan fingerprint density at radius 3 is 2.80 bits per heavy atom. The van der Waals surface area contributed by atoms with Crippen molar-refractivity contribution in [2.75, 3.05) is 13.7 Å². The third kappa shape index (κ3) is 2.50. The molecule has 0 spiro atoms. The fourth-order valence-electron chi connectivity index (χ4n) is 0.984. The van der Waals surface area contributed by atoms with Gasteiger partial charge in [-0.1, -0.05) is 0 Å². The predicted octanol–water partition coefficient (Wildman–Crippen LogP) is -0.909. The van der Waals surface area contributed by atoms with Crippen LogP contribution in [-0.2, 0) is 11.3 Å². The highest BCUT2D eigenvalue weighted by Gasteiger charge is 2.14. The van der Waals surface area contributed by atoms with Gasteiger partial charge in [-0.05, 0) is 0 Å². The second-order valence-electron chi connectivity index (χ2n) is 2.72. The van der Waals surface area contributed by atoms with Gasteiger partial charge in [-0.25, -0.2) is 4.79 Å². The van der Waals surface area contributed by atoms with Crippen LogP contribution in [0.1, 0.15) is 0 Å². The number of nitrogens with zero attached hydrogens (tertiary/aromatic N) is 2. The monoisotopic (exact) mass is 215 g/mol. The van der Waals surface area contributed by atoms with Crippen molar-refractivity contribution in [2.45, 2.75) is 6.54 Å². The third-order valence-corrected chi connectivity index (χ3v) is 1.73. The molecule has 0 amide bonds. The Labute approximate surface area is 83.3 Å². The molecule has 1 heterocycles. The lowest BCUT2D eigenvalue weighted by atomic mass is 10.5. The van der Waals surface area contributed by atoms with Gasteiger partial charge in [0, 0.05) is 7.11 Å². The summed E-state index contributed by atoms with van der Waals surface area (Å²) in [6.07, 6.45) is 0.903. The van der Waals surface area contributed by atoms with E-state index in [0.717, 1.165) is 10.8 Å². The van der Waals surface area contributed by atoms with Gasteiger partial charge >= 0.3 is 16.9 Å². The van der Waals surface area contributed by atoms with Crippen LogP contribution in [0.25, 0.3) is 0 Å². The summed E-state index contributed by atoms with van der Waals surface area (Å²) in [4.78, 5) is 33.5. The number of hydrogen-bond acceptors (Lipinski definition) is 5. The van der Waals surface area contributed by atoms with Gasteiger partial charge < -0.3 is 4.74 Å². The highest BCUT2D eigenvalue weighted by Crippen LogP contribution is 1.98. The van der Waals surface area contributed by atoms with E-state index >= 15 is 0 Å². The molecule has 0 saturated carbocycles. The molecule has 8 nitrogen and oxygen atoms in total. The predicted molar refractivity (Wildman–Crippen MR) is 49.9 cm³/mol. The Kier molecular flexibility index (Phi) is 3.34. The maximum atomic E-state index is 11.1. The first kappa shape index (κ1) is 11.1. The number of ether oxygens (including phenoxy) is 1. The zero-order valence-electron chi connectivity index (χ0n) is 7.93. The van der Waals surface area contributed by atoms with Crippen LogP contribution in [-0.4, -0.2) is 28.2 Å². The fourth-order valence-corrected chi connectivity index (χ4v) is 0.984. The molecule has 0 unspecified atom stereocenters. The van der Waals surface area contributed by atoms with Crippen molar-refractivity contribution < 1.29 is 9.66 Å². The van der Waals surface area contributed by atoms with E-state index in [1.54, 1.807) is 0 Å². The largest absolute Gasteiger partial charge is 0.383 e. The maximum absolute atomic E-state index is 11.1. The van der Waals surface area contributed by atoms with E-state index in [9.17, 15) is 19.7 Å². The van der Waals surface area contributed by atoms with Crippen molar-refractivity contribution in [3.63, 3.8) is 0 Å². The van der Waals surface area contributed by atoms with Gasteiger partial charge in [0.2, 0.25) is 0 Å². The number of methoxy groups -OCH3 is 1. The minimum absolute atomic E-state index is 0.146. The second kappa shape index (κ2) is 4.51. The lowest BCUT2D eigenvalue weighted by molar-refractivity contribution is -0.386. The van der Waals surface area contributed by atoms with Crippen molar-refractivity contribution >= 4 is 5.69 Å². The molecule has 0 fully saturated rings.